The monoisotopic (exact) mass is 233 g/mol. The van der Waals surface area contributed by atoms with Crippen LogP contribution in [0.5, 0.6) is 5.75 Å². The van der Waals surface area contributed by atoms with E-state index in [1.807, 2.05) is 0 Å². The molecule has 0 bridgehead atoms. The van der Waals surface area contributed by atoms with Gasteiger partial charge in [0.25, 0.3) is 0 Å². The Bertz CT molecular complexity index is 289. The fourth-order valence-corrected chi connectivity index (χ4v) is 1.26. The van der Waals surface area contributed by atoms with Gasteiger partial charge in [0.2, 0.25) is 0 Å². The third-order valence-corrected chi connectivity index (χ3v) is 2.37. The van der Waals surface area contributed by atoms with E-state index in [0.717, 1.165) is 6.42 Å². The van der Waals surface area contributed by atoms with Gasteiger partial charge in [-0.05, 0) is 12.1 Å². The van der Waals surface area contributed by atoms with Crippen LogP contribution in [0.2, 0.25) is 10.0 Å². The zero-order valence-electron chi connectivity index (χ0n) is 7.85. The molecule has 0 aliphatic heterocycles. The lowest BCUT2D eigenvalue weighted by Gasteiger charge is -2.07. The number of halogens is 2. The lowest BCUT2D eigenvalue weighted by atomic mass is 10.3. The van der Waals surface area contributed by atoms with Gasteiger partial charge in [0.1, 0.15) is 10.8 Å². The summed E-state index contributed by atoms with van der Waals surface area (Å²) >= 11 is 11.6. The lowest BCUT2D eigenvalue weighted by molar-refractivity contribution is 0.172. The quantitative estimate of drug-likeness (QED) is 0.728. The van der Waals surface area contributed by atoms with E-state index in [9.17, 15) is 0 Å². The van der Waals surface area contributed by atoms with E-state index in [4.69, 9.17) is 32.7 Å². The number of hydrogen-bond donors (Lipinski definition) is 0. The molecule has 77 valence electrons. The Labute approximate surface area is 93.7 Å². The highest BCUT2D eigenvalue weighted by Crippen LogP contribution is 2.30. The second kappa shape index (κ2) is 6.12. The van der Waals surface area contributed by atoms with Crippen LogP contribution in [0, 0.1) is 6.07 Å². The fraction of sp³-hybridized carbons (Fsp3) is 0.400. The molecule has 0 amide bonds. The summed E-state index contributed by atoms with van der Waals surface area (Å²) in [7, 11) is 1.65. The third-order valence-electron chi connectivity index (χ3n) is 1.60. The van der Waals surface area contributed by atoms with Gasteiger partial charge in [-0.25, -0.2) is 0 Å². The summed E-state index contributed by atoms with van der Waals surface area (Å²) in [6, 6.07) is 6.19. The number of hydrogen-bond acceptors (Lipinski definition) is 2. The highest BCUT2D eigenvalue weighted by molar-refractivity contribution is 6.42. The number of rotatable bonds is 5. The van der Waals surface area contributed by atoms with Crippen molar-refractivity contribution in [3.05, 3.63) is 28.2 Å². The van der Waals surface area contributed by atoms with E-state index >= 15 is 0 Å². The van der Waals surface area contributed by atoms with Gasteiger partial charge >= 0.3 is 0 Å². The van der Waals surface area contributed by atoms with Crippen molar-refractivity contribution in [1.29, 1.82) is 0 Å². The van der Waals surface area contributed by atoms with E-state index in [0.29, 0.717) is 29.0 Å². The van der Waals surface area contributed by atoms with Crippen LogP contribution in [0.1, 0.15) is 6.42 Å². The molecule has 0 atom stereocenters. The Morgan fingerprint density at radius 2 is 2.14 bits per heavy atom. The second-order valence-corrected chi connectivity index (χ2v) is 3.42. The summed E-state index contributed by atoms with van der Waals surface area (Å²) in [5.74, 6) is 0.589. The maximum absolute atomic E-state index is 5.89. The smallest absolute Gasteiger partial charge is 0.139 e. The minimum absolute atomic E-state index is 0.385. The van der Waals surface area contributed by atoms with Crippen LogP contribution in [0.25, 0.3) is 0 Å². The molecule has 0 aliphatic rings. The van der Waals surface area contributed by atoms with Gasteiger partial charge in [0.15, 0.2) is 0 Å². The largest absolute Gasteiger partial charge is 0.492 e. The van der Waals surface area contributed by atoms with Crippen molar-refractivity contribution in [2.75, 3.05) is 20.3 Å². The van der Waals surface area contributed by atoms with Gasteiger partial charge in [-0.2, -0.15) is 0 Å². The van der Waals surface area contributed by atoms with Gasteiger partial charge < -0.3 is 9.47 Å². The van der Waals surface area contributed by atoms with Crippen molar-refractivity contribution in [3.8, 4) is 5.75 Å². The molecule has 0 heterocycles. The number of benzene rings is 1. The van der Waals surface area contributed by atoms with Crippen LogP contribution in [-0.2, 0) is 4.74 Å². The van der Waals surface area contributed by atoms with Crippen molar-refractivity contribution in [3.63, 3.8) is 0 Å². The maximum Gasteiger partial charge on any atom is 0.139 e. The molecular formula is C10H11Cl2O2. The van der Waals surface area contributed by atoms with Crippen LogP contribution in [0.15, 0.2) is 12.1 Å². The van der Waals surface area contributed by atoms with E-state index in [2.05, 4.69) is 6.07 Å². The Kier molecular flexibility index (Phi) is 5.09. The average molecular weight is 234 g/mol. The summed E-state index contributed by atoms with van der Waals surface area (Å²) in [5, 5.41) is 0.794. The molecular weight excluding hydrogens is 223 g/mol. The molecule has 1 rings (SSSR count). The van der Waals surface area contributed by atoms with Gasteiger partial charge in [0, 0.05) is 26.2 Å². The van der Waals surface area contributed by atoms with Crippen molar-refractivity contribution in [2.24, 2.45) is 0 Å². The van der Waals surface area contributed by atoms with Crippen LogP contribution < -0.4 is 4.74 Å². The summed E-state index contributed by atoms with van der Waals surface area (Å²) in [5.41, 5.74) is 0. The summed E-state index contributed by atoms with van der Waals surface area (Å²) in [6.07, 6.45) is 0.822. The first kappa shape index (κ1) is 11.6. The van der Waals surface area contributed by atoms with Crippen LogP contribution in [-0.4, -0.2) is 20.3 Å². The Morgan fingerprint density at radius 1 is 1.36 bits per heavy atom. The first-order chi connectivity index (χ1) is 6.75. The van der Waals surface area contributed by atoms with Gasteiger partial charge in [0.05, 0.1) is 11.6 Å². The van der Waals surface area contributed by atoms with Gasteiger partial charge in [-0.15, -0.1) is 0 Å². The molecule has 0 aromatic heterocycles. The molecule has 4 heteroatoms. The van der Waals surface area contributed by atoms with E-state index in [1.54, 1.807) is 19.2 Å². The van der Waals surface area contributed by atoms with Crippen molar-refractivity contribution in [2.45, 2.75) is 6.42 Å². The van der Waals surface area contributed by atoms with Crippen molar-refractivity contribution < 1.29 is 9.47 Å². The minimum atomic E-state index is 0.385. The first-order valence-corrected chi connectivity index (χ1v) is 4.98. The Morgan fingerprint density at radius 3 is 2.86 bits per heavy atom. The molecule has 0 aliphatic carbocycles. The zero-order chi connectivity index (χ0) is 10.4. The van der Waals surface area contributed by atoms with E-state index in [1.165, 1.54) is 0 Å². The van der Waals surface area contributed by atoms with Crippen molar-refractivity contribution >= 4 is 23.2 Å². The molecule has 1 radical (unpaired) electrons. The topological polar surface area (TPSA) is 18.5 Å². The van der Waals surface area contributed by atoms with Gasteiger partial charge in [-0.3, -0.25) is 0 Å². The summed E-state index contributed by atoms with van der Waals surface area (Å²) in [6.45, 7) is 1.23. The lowest BCUT2D eigenvalue weighted by Crippen LogP contribution is -2.01. The minimum Gasteiger partial charge on any atom is -0.492 e. The third kappa shape index (κ3) is 3.37. The molecule has 14 heavy (non-hydrogen) atoms. The summed E-state index contributed by atoms with van der Waals surface area (Å²) in [4.78, 5) is 0. The van der Waals surface area contributed by atoms with Crippen LogP contribution in [0.4, 0.5) is 0 Å². The zero-order valence-corrected chi connectivity index (χ0v) is 9.36. The number of methoxy groups -OCH3 is 1. The molecule has 0 spiro atoms. The van der Waals surface area contributed by atoms with Crippen LogP contribution in [0.3, 0.4) is 0 Å². The van der Waals surface area contributed by atoms with Crippen LogP contribution >= 0.6 is 23.2 Å². The molecule has 1 aromatic carbocycles. The van der Waals surface area contributed by atoms with E-state index in [-0.39, 0.29) is 0 Å². The Balaban J connectivity index is 2.46. The van der Waals surface area contributed by atoms with E-state index < -0.39 is 0 Å². The van der Waals surface area contributed by atoms with Gasteiger partial charge in [-0.1, -0.05) is 23.2 Å². The normalized spacial score (nSPS) is 10.2. The maximum atomic E-state index is 5.89. The fourth-order valence-electron chi connectivity index (χ4n) is 0.932. The standard InChI is InChI=1S/C10H11Cl2O2/c1-13-6-3-7-14-9-5-2-4-8(11)10(9)12/h2,5H,3,6-7H2,1H3. The highest BCUT2D eigenvalue weighted by Gasteiger charge is 2.04. The summed E-state index contributed by atoms with van der Waals surface area (Å²) < 4.78 is 10.3. The predicted octanol–water partition coefficient (Wildman–Crippen LogP) is 3.21. The SMILES string of the molecule is COCCCOc1cc[c]c(Cl)c1Cl. The molecule has 1 aromatic rings. The molecule has 0 unspecified atom stereocenters. The molecule has 0 saturated heterocycles. The molecule has 0 N–H and O–H groups in total. The number of ether oxygens (including phenoxy) is 2. The molecule has 0 saturated carbocycles. The highest BCUT2D eigenvalue weighted by atomic mass is 35.5. The second-order valence-electron chi connectivity index (χ2n) is 2.66. The average Bonchev–Trinajstić information content (AvgIpc) is 2.19. The first-order valence-electron chi connectivity index (χ1n) is 4.23. The van der Waals surface area contributed by atoms with Crippen molar-refractivity contribution in [1.82, 2.24) is 0 Å². The Hall–Kier alpha value is -0.440. The molecule has 2 nitrogen and oxygen atoms in total. The predicted molar refractivity (Wildman–Crippen MR) is 57.3 cm³/mol. The molecule has 0 fully saturated rings.